The van der Waals surface area contributed by atoms with Crippen molar-refractivity contribution in [2.24, 2.45) is 28.3 Å². The third kappa shape index (κ3) is 5.60. The number of rotatable bonds is 9. The van der Waals surface area contributed by atoms with Crippen molar-refractivity contribution in [2.45, 2.75) is 69.2 Å². The molecule has 0 radical (unpaired) electrons. The summed E-state index contributed by atoms with van der Waals surface area (Å²) in [7, 11) is -3.84. The van der Waals surface area contributed by atoms with E-state index in [1.807, 2.05) is 0 Å². The Morgan fingerprint density at radius 2 is 1.53 bits per heavy atom. The van der Waals surface area contributed by atoms with Crippen molar-refractivity contribution in [3.8, 4) is 0 Å². The number of carbonyl (C=O) groups excluding carboxylic acids is 4. The number of sulfonamides is 1. The van der Waals surface area contributed by atoms with E-state index in [2.05, 4.69) is 0 Å². The first-order valence-electron chi connectivity index (χ1n) is 15.0. The zero-order valence-corrected chi connectivity index (χ0v) is 25.1. The Kier molecular flexibility index (Phi) is 7.66. The van der Waals surface area contributed by atoms with Crippen LogP contribution in [0.2, 0.25) is 0 Å². The van der Waals surface area contributed by atoms with Gasteiger partial charge in [-0.3, -0.25) is 14.4 Å². The third-order valence-electron chi connectivity index (χ3n) is 9.78. The van der Waals surface area contributed by atoms with Gasteiger partial charge < -0.3 is 9.64 Å². The number of imide groups is 1. The van der Waals surface area contributed by atoms with Gasteiger partial charge in [0.15, 0.2) is 0 Å². The number of nitrogens with zero attached hydrogens (tertiary/aromatic N) is 2. The van der Waals surface area contributed by atoms with Crippen LogP contribution in [-0.2, 0) is 35.6 Å². The monoisotopic (exact) mass is 607 g/mol. The highest BCUT2D eigenvalue weighted by atomic mass is 32.2. The highest BCUT2D eigenvalue weighted by Crippen LogP contribution is 2.60. The van der Waals surface area contributed by atoms with E-state index in [9.17, 15) is 27.6 Å². The molecule has 0 aromatic heterocycles. The maximum Gasteiger partial charge on any atom is 0.338 e. The molecule has 2 aromatic rings. The lowest BCUT2D eigenvalue weighted by Crippen LogP contribution is -2.58. The highest BCUT2D eigenvalue weighted by molar-refractivity contribution is 7.89. The van der Waals surface area contributed by atoms with Crippen molar-refractivity contribution in [1.82, 2.24) is 4.90 Å². The molecule has 1 atom stereocenters. The first-order chi connectivity index (χ1) is 20.5. The molecule has 4 bridgehead atoms. The van der Waals surface area contributed by atoms with Crippen LogP contribution in [-0.4, -0.2) is 56.2 Å². The lowest BCUT2D eigenvalue weighted by molar-refractivity contribution is -0.161. The zero-order chi connectivity index (χ0) is 30.5. The summed E-state index contributed by atoms with van der Waals surface area (Å²) in [5.74, 6) is 0.180. The largest absolute Gasteiger partial charge is 0.462 e. The van der Waals surface area contributed by atoms with E-state index in [1.165, 1.54) is 43.5 Å². The Morgan fingerprint density at radius 3 is 2.07 bits per heavy atom. The minimum absolute atomic E-state index is 0.000987. The van der Waals surface area contributed by atoms with Gasteiger partial charge in [-0.25, -0.2) is 23.3 Å². The van der Waals surface area contributed by atoms with Gasteiger partial charge in [0, 0.05) is 6.54 Å². The summed E-state index contributed by atoms with van der Waals surface area (Å²) in [5.41, 5.74) is 0.933. The van der Waals surface area contributed by atoms with Gasteiger partial charge in [-0.1, -0.05) is 12.1 Å². The molecule has 43 heavy (non-hydrogen) atoms. The fourth-order valence-electron chi connectivity index (χ4n) is 8.26. The molecule has 1 heterocycles. The standard InChI is InChI=1S/C32H37N3O7S/c1-2-42-30(38)24-5-7-25(8-6-24)35-28(36)16-27(29(35)37)34(12-11-20-3-9-26(10-4-20)43(33,40)41)31(39)32-17-21-13-22(18-32)15-23(14-21)19-32/h3-10,21-23,27H,2,11-19H2,1H3,(H2,33,40,41). The summed E-state index contributed by atoms with van der Waals surface area (Å²) in [6.07, 6.45) is 6.23. The molecule has 1 saturated heterocycles. The average molecular weight is 608 g/mol. The summed E-state index contributed by atoms with van der Waals surface area (Å²) in [5, 5.41) is 5.24. The number of hydrogen-bond acceptors (Lipinski definition) is 7. The molecular formula is C32H37N3O7S. The fraction of sp³-hybridized carbons (Fsp3) is 0.500. The van der Waals surface area contributed by atoms with Crippen molar-refractivity contribution in [3.05, 3.63) is 59.7 Å². The first kappa shape index (κ1) is 29.5. The highest BCUT2D eigenvalue weighted by Gasteiger charge is 2.57. The molecule has 2 N–H and O–H groups in total. The smallest absolute Gasteiger partial charge is 0.338 e. The summed E-state index contributed by atoms with van der Waals surface area (Å²) in [4.78, 5) is 56.6. The minimum Gasteiger partial charge on any atom is -0.462 e. The second-order valence-electron chi connectivity index (χ2n) is 12.7. The van der Waals surface area contributed by atoms with Gasteiger partial charge in [-0.2, -0.15) is 0 Å². The van der Waals surface area contributed by atoms with E-state index < -0.39 is 39.3 Å². The number of carbonyl (C=O) groups is 4. The predicted octanol–water partition coefficient (Wildman–Crippen LogP) is 3.43. The number of primary sulfonamides is 1. The second kappa shape index (κ2) is 11.2. The van der Waals surface area contributed by atoms with E-state index in [-0.39, 0.29) is 30.4 Å². The van der Waals surface area contributed by atoms with Gasteiger partial charge in [0.25, 0.3) is 5.91 Å². The molecule has 1 unspecified atom stereocenters. The van der Waals surface area contributed by atoms with E-state index in [0.29, 0.717) is 35.4 Å². The third-order valence-corrected chi connectivity index (χ3v) is 10.7. The zero-order valence-electron chi connectivity index (χ0n) is 24.2. The van der Waals surface area contributed by atoms with Crippen molar-refractivity contribution < 1.29 is 32.3 Å². The summed E-state index contributed by atoms with van der Waals surface area (Å²) in [6.45, 7) is 2.16. The number of nitrogens with two attached hydrogens (primary N) is 1. The number of esters is 1. The Labute approximate surface area is 251 Å². The van der Waals surface area contributed by atoms with Gasteiger partial charge >= 0.3 is 5.97 Å². The Hall–Kier alpha value is -3.57. The molecule has 228 valence electrons. The first-order valence-corrected chi connectivity index (χ1v) is 16.6. The number of amides is 3. The van der Waals surface area contributed by atoms with E-state index in [0.717, 1.165) is 29.7 Å². The average Bonchev–Trinajstić information content (AvgIpc) is 3.25. The van der Waals surface area contributed by atoms with Crippen LogP contribution < -0.4 is 10.0 Å². The second-order valence-corrected chi connectivity index (χ2v) is 14.3. The van der Waals surface area contributed by atoms with E-state index in [4.69, 9.17) is 9.88 Å². The molecule has 4 aliphatic carbocycles. The molecule has 2 aromatic carbocycles. The number of benzene rings is 2. The molecule has 0 spiro atoms. The van der Waals surface area contributed by atoms with Crippen molar-refractivity contribution >= 4 is 39.4 Å². The molecular weight excluding hydrogens is 570 g/mol. The van der Waals surface area contributed by atoms with Gasteiger partial charge in [0.2, 0.25) is 21.8 Å². The number of anilines is 1. The lowest BCUT2D eigenvalue weighted by atomic mass is 9.49. The van der Waals surface area contributed by atoms with E-state index >= 15 is 0 Å². The van der Waals surface area contributed by atoms with Crippen LogP contribution in [0.3, 0.4) is 0 Å². The van der Waals surface area contributed by atoms with Crippen LogP contribution in [0.4, 0.5) is 5.69 Å². The van der Waals surface area contributed by atoms with Crippen molar-refractivity contribution in [3.63, 3.8) is 0 Å². The molecule has 10 nitrogen and oxygen atoms in total. The fourth-order valence-corrected chi connectivity index (χ4v) is 8.78. The van der Waals surface area contributed by atoms with Crippen LogP contribution in [0.1, 0.15) is 67.8 Å². The van der Waals surface area contributed by atoms with Gasteiger partial charge in [-0.05, 0) is 112 Å². The predicted molar refractivity (Wildman–Crippen MR) is 157 cm³/mol. The summed E-state index contributed by atoms with van der Waals surface area (Å²) in [6, 6.07) is 11.4. The summed E-state index contributed by atoms with van der Waals surface area (Å²) < 4.78 is 28.4. The Morgan fingerprint density at radius 1 is 0.953 bits per heavy atom. The van der Waals surface area contributed by atoms with Crippen LogP contribution in [0.25, 0.3) is 0 Å². The van der Waals surface area contributed by atoms with Gasteiger partial charge in [0.1, 0.15) is 6.04 Å². The quantitative estimate of drug-likeness (QED) is 0.340. The molecule has 4 saturated carbocycles. The number of hydrogen-bond donors (Lipinski definition) is 1. The Balaban J connectivity index is 1.27. The van der Waals surface area contributed by atoms with E-state index in [1.54, 1.807) is 36.1 Å². The molecule has 1 aliphatic heterocycles. The maximum absolute atomic E-state index is 14.6. The lowest BCUT2D eigenvalue weighted by Gasteiger charge is -2.57. The van der Waals surface area contributed by atoms with Crippen molar-refractivity contribution in [1.29, 1.82) is 0 Å². The normalized spacial score (nSPS) is 27.9. The van der Waals surface area contributed by atoms with Gasteiger partial charge in [-0.15, -0.1) is 0 Å². The number of ether oxygens (including phenoxy) is 1. The maximum atomic E-state index is 14.6. The topological polar surface area (TPSA) is 144 Å². The molecule has 5 fully saturated rings. The molecule has 5 aliphatic rings. The minimum atomic E-state index is -3.84. The van der Waals surface area contributed by atoms with Crippen LogP contribution in [0.15, 0.2) is 53.4 Å². The molecule has 11 heteroatoms. The Bertz CT molecular complexity index is 1520. The van der Waals surface area contributed by atoms with Crippen LogP contribution >= 0.6 is 0 Å². The van der Waals surface area contributed by atoms with Crippen LogP contribution in [0, 0.1) is 23.2 Å². The van der Waals surface area contributed by atoms with Crippen molar-refractivity contribution in [2.75, 3.05) is 18.1 Å². The van der Waals surface area contributed by atoms with Crippen LogP contribution in [0.5, 0.6) is 0 Å². The SMILES string of the molecule is CCOC(=O)c1ccc(N2C(=O)CC(N(CCc3ccc(S(N)(=O)=O)cc3)C(=O)C34CC5CC(CC(C5)C3)C4)C2=O)cc1. The molecule has 3 amide bonds. The molecule has 7 rings (SSSR count). The van der Waals surface area contributed by atoms with Gasteiger partial charge in [0.05, 0.1) is 34.6 Å². The summed E-state index contributed by atoms with van der Waals surface area (Å²) >= 11 is 0.